The number of hydrogen-bond acceptors (Lipinski definition) is 0. The monoisotopic (exact) mass is 467 g/mol. The Kier molecular flexibility index (Phi) is 18.6. The Hall–Kier alpha value is 0. The highest BCUT2D eigenvalue weighted by atomic mass is 14.3. The van der Waals surface area contributed by atoms with Crippen molar-refractivity contribution in [3.8, 4) is 0 Å². The van der Waals surface area contributed by atoms with E-state index in [1.807, 2.05) is 0 Å². The molecule has 0 radical (unpaired) electrons. The van der Waals surface area contributed by atoms with E-state index in [2.05, 4.69) is 90.0 Å². The minimum absolute atomic E-state index is 0.500. The average Bonchev–Trinajstić information content (AvgIpc) is 3.05. The van der Waals surface area contributed by atoms with E-state index in [4.69, 9.17) is 0 Å². The van der Waals surface area contributed by atoms with Crippen molar-refractivity contribution in [2.45, 2.75) is 186 Å². The standard InChI is InChI=1S/C9H18.C8H16.C7H14.C5H12.C4H10/c1-3-9(2)7-5-4-6-8-9;1-8(2)6-4-3-5-7-8;1-7(2)5-3-4-6-7;1-5(2,3)4;1-4(2)3/h3-8H2,1-2H3;3-7H2,1-2H3;3-6H2,1-2H3;1-4H3;4H,1-3H3. The summed E-state index contributed by atoms with van der Waals surface area (Å²) in [5.74, 6) is 0.833. The summed E-state index contributed by atoms with van der Waals surface area (Å²) < 4.78 is 0. The molecule has 0 atom stereocenters. The highest BCUT2D eigenvalue weighted by Gasteiger charge is 2.24. The molecule has 0 heterocycles. The lowest BCUT2D eigenvalue weighted by molar-refractivity contribution is 0.208. The van der Waals surface area contributed by atoms with Gasteiger partial charge in [0.05, 0.1) is 0 Å². The summed E-state index contributed by atoms with van der Waals surface area (Å²) in [5, 5.41) is 0. The Labute approximate surface area is 213 Å². The normalized spacial score (nSPS) is 22.7. The number of rotatable bonds is 1. The summed E-state index contributed by atoms with van der Waals surface area (Å²) in [4.78, 5) is 0. The summed E-state index contributed by atoms with van der Waals surface area (Å²) in [6.45, 7) is 29.5. The van der Waals surface area contributed by atoms with Crippen molar-refractivity contribution in [2.24, 2.45) is 27.6 Å². The molecule has 3 saturated carbocycles. The van der Waals surface area contributed by atoms with Gasteiger partial charge in [-0.3, -0.25) is 0 Å². The minimum Gasteiger partial charge on any atom is -0.0649 e. The van der Waals surface area contributed by atoms with Gasteiger partial charge in [-0.05, 0) is 66.1 Å². The van der Waals surface area contributed by atoms with Gasteiger partial charge in [-0.1, -0.05) is 148 Å². The van der Waals surface area contributed by atoms with Crippen LogP contribution in [0, 0.1) is 27.6 Å². The van der Waals surface area contributed by atoms with Crippen molar-refractivity contribution in [3.63, 3.8) is 0 Å². The fourth-order valence-corrected chi connectivity index (χ4v) is 4.60. The van der Waals surface area contributed by atoms with Gasteiger partial charge in [0.25, 0.3) is 0 Å². The maximum Gasteiger partial charge on any atom is -0.0328 e. The average molecular weight is 467 g/mol. The highest BCUT2D eigenvalue weighted by Crippen LogP contribution is 2.38. The SMILES string of the molecule is CC(C)(C)C.CC(C)C.CC1(C)CCCC1.CC1(C)CCCCC1.CCC1(C)CCCCC1. The fraction of sp³-hybridized carbons (Fsp3) is 1.00. The second-order valence-electron chi connectivity index (χ2n) is 15.6. The molecule has 0 spiro atoms. The quantitative estimate of drug-likeness (QED) is 0.360. The van der Waals surface area contributed by atoms with Gasteiger partial charge in [0.15, 0.2) is 0 Å². The molecule has 202 valence electrons. The van der Waals surface area contributed by atoms with Gasteiger partial charge >= 0.3 is 0 Å². The maximum atomic E-state index is 2.44. The van der Waals surface area contributed by atoms with E-state index in [0.717, 1.165) is 11.3 Å². The van der Waals surface area contributed by atoms with Crippen LogP contribution < -0.4 is 0 Å². The van der Waals surface area contributed by atoms with E-state index in [1.165, 1.54) is 96.3 Å². The predicted molar refractivity (Wildman–Crippen MR) is 156 cm³/mol. The molecule has 0 heteroatoms. The van der Waals surface area contributed by atoms with Gasteiger partial charge < -0.3 is 0 Å². The van der Waals surface area contributed by atoms with Gasteiger partial charge in [0.1, 0.15) is 0 Å². The molecule has 0 aromatic carbocycles. The van der Waals surface area contributed by atoms with E-state index < -0.39 is 0 Å². The van der Waals surface area contributed by atoms with Crippen molar-refractivity contribution < 1.29 is 0 Å². The molecule has 0 N–H and O–H groups in total. The van der Waals surface area contributed by atoms with Crippen molar-refractivity contribution in [1.82, 2.24) is 0 Å². The molecule has 3 rings (SSSR count). The third-order valence-corrected chi connectivity index (χ3v) is 7.08. The Morgan fingerprint density at radius 2 is 0.727 bits per heavy atom. The first kappa shape index (κ1) is 35.2. The van der Waals surface area contributed by atoms with E-state index in [0.29, 0.717) is 16.2 Å². The second kappa shape index (κ2) is 17.4. The first-order valence-electron chi connectivity index (χ1n) is 14.9. The minimum atomic E-state index is 0.500. The Morgan fingerprint density at radius 1 is 0.515 bits per heavy atom. The predicted octanol–water partition coefficient (Wildman–Crippen LogP) is 12.6. The molecule has 3 aliphatic rings. The van der Waals surface area contributed by atoms with Crippen LogP contribution >= 0.6 is 0 Å². The lowest BCUT2D eigenvalue weighted by Gasteiger charge is -2.32. The zero-order chi connectivity index (χ0) is 26.2. The third-order valence-electron chi connectivity index (χ3n) is 7.08. The van der Waals surface area contributed by atoms with Crippen LogP contribution in [-0.4, -0.2) is 0 Å². The topological polar surface area (TPSA) is 0 Å². The molecule has 0 nitrogen and oxygen atoms in total. The van der Waals surface area contributed by atoms with E-state index in [-0.39, 0.29) is 0 Å². The summed E-state index contributed by atoms with van der Waals surface area (Å²) in [6, 6.07) is 0. The Morgan fingerprint density at radius 3 is 0.848 bits per heavy atom. The summed E-state index contributed by atoms with van der Waals surface area (Å²) in [6.07, 6.45) is 21.9. The molecule has 3 fully saturated rings. The zero-order valence-electron chi connectivity index (χ0n) is 26.2. The number of hydrogen-bond donors (Lipinski definition) is 0. The van der Waals surface area contributed by atoms with Crippen LogP contribution in [0.1, 0.15) is 186 Å². The summed E-state index contributed by atoms with van der Waals surface area (Å²) >= 11 is 0. The summed E-state index contributed by atoms with van der Waals surface area (Å²) in [5.41, 5.74) is 2.59. The molecule has 0 aliphatic heterocycles. The van der Waals surface area contributed by atoms with Crippen LogP contribution in [0.15, 0.2) is 0 Å². The van der Waals surface area contributed by atoms with E-state index in [9.17, 15) is 0 Å². The molecule has 0 bridgehead atoms. The Bertz CT molecular complexity index is 401. The molecule has 33 heavy (non-hydrogen) atoms. The highest BCUT2D eigenvalue weighted by molar-refractivity contribution is 4.76. The van der Waals surface area contributed by atoms with Crippen LogP contribution in [0.5, 0.6) is 0 Å². The second-order valence-corrected chi connectivity index (χ2v) is 15.6. The fourth-order valence-electron chi connectivity index (χ4n) is 4.60. The molecule has 0 aromatic rings. The van der Waals surface area contributed by atoms with Gasteiger partial charge in [-0.25, -0.2) is 0 Å². The van der Waals surface area contributed by atoms with Crippen molar-refractivity contribution >= 4 is 0 Å². The van der Waals surface area contributed by atoms with Crippen molar-refractivity contribution in [2.75, 3.05) is 0 Å². The van der Waals surface area contributed by atoms with Crippen LogP contribution in [0.2, 0.25) is 0 Å². The molecule has 0 amide bonds. The van der Waals surface area contributed by atoms with Crippen LogP contribution in [0.3, 0.4) is 0 Å². The van der Waals surface area contributed by atoms with Gasteiger partial charge in [-0.15, -0.1) is 0 Å². The molecular weight excluding hydrogens is 396 g/mol. The van der Waals surface area contributed by atoms with Crippen molar-refractivity contribution in [1.29, 1.82) is 0 Å². The molecule has 3 aliphatic carbocycles. The largest absolute Gasteiger partial charge is 0.0649 e. The summed E-state index contributed by atoms with van der Waals surface area (Å²) in [7, 11) is 0. The lowest BCUT2D eigenvalue weighted by atomic mass is 9.74. The van der Waals surface area contributed by atoms with Gasteiger partial charge in [0.2, 0.25) is 0 Å². The van der Waals surface area contributed by atoms with Gasteiger partial charge in [0, 0.05) is 0 Å². The zero-order valence-corrected chi connectivity index (χ0v) is 26.2. The van der Waals surface area contributed by atoms with Crippen LogP contribution in [0.4, 0.5) is 0 Å². The van der Waals surface area contributed by atoms with E-state index in [1.54, 1.807) is 0 Å². The molecule has 0 unspecified atom stereocenters. The molecule has 0 aromatic heterocycles. The van der Waals surface area contributed by atoms with Crippen molar-refractivity contribution in [3.05, 3.63) is 0 Å². The first-order valence-corrected chi connectivity index (χ1v) is 14.9. The first-order chi connectivity index (χ1) is 14.9. The lowest BCUT2D eigenvalue weighted by Crippen LogP contribution is -2.18. The van der Waals surface area contributed by atoms with Crippen LogP contribution in [0.25, 0.3) is 0 Å². The maximum absolute atomic E-state index is 2.44. The molecular formula is C33H70. The molecule has 0 saturated heterocycles. The van der Waals surface area contributed by atoms with Gasteiger partial charge in [-0.2, -0.15) is 0 Å². The smallest absolute Gasteiger partial charge is 0.0328 e. The third kappa shape index (κ3) is 28.1. The van der Waals surface area contributed by atoms with E-state index >= 15 is 0 Å². The van der Waals surface area contributed by atoms with Crippen LogP contribution in [-0.2, 0) is 0 Å². The Balaban J connectivity index is 0.